The standard InChI is InChI=1S/C15H20N2O/c1-11(12-5-3-7-14(9-12)18-2)17-15-8-4-6-13(15)10-16/h3,5,7,9,11,13,15,17H,4,6,8H2,1-2H3/t11-,13?,15?/m0/s1. The van der Waals surface area contributed by atoms with Crippen LogP contribution in [0.3, 0.4) is 0 Å². The van der Waals surface area contributed by atoms with E-state index in [0.29, 0.717) is 6.04 Å². The normalized spacial score (nSPS) is 24.5. The molecule has 3 nitrogen and oxygen atoms in total. The molecule has 2 unspecified atom stereocenters. The van der Waals surface area contributed by atoms with Gasteiger partial charge in [-0.1, -0.05) is 18.6 Å². The Balaban J connectivity index is 2.03. The molecule has 0 bridgehead atoms. The van der Waals surface area contributed by atoms with E-state index in [-0.39, 0.29) is 12.0 Å². The van der Waals surface area contributed by atoms with Gasteiger partial charge in [-0.15, -0.1) is 0 Å². The van der Waals surface area contributed by atoms with E-state index < -0.39 is 0 Å². The smallest absolute Gasteiger partial charge is 0.119 e. The number of hydrogen-bond donors (Lipinski definition) is 1. The molecule has 0 saturated heterocycles. The van der Waals surface area contributed by atoms with Crippen LogP contribution in [0, 0.1) is 17.2 Å². The fourth-order valence-electron chi connectivity index (χ4n) is 2.64. The minimum absolute atomic E-state index is 0.165. The van der Waals surface area contributed by atoms with Crippen molar-refractivity contribution in [2.45, 2.75) is 38.3 Å². The van der Waals surface area contributed by atoms with Crippen LogP contribution in [0.2, 0.25) is 0 Å². The maximum absolute atomic E-state index is 9.09. The second-order valence-electron chi connectivity index (χ2n) is 4.94. The van der Waals surface area contributed by atoms with Crippen molar-refractivity contribution < 1.29 is 4.74 Å². The zero-order valence-corrected chi connectivity index (χ0v) is 11.0. The Kier molecular flexibility index (Phi) is 4.22. The molecule has 1 N–H and O–H groups in total. The molecule has 0 radical (unpaired) electrons. The third kappa shape index (κ3) is 2.83. The number of methoxy groups -OCH3 is 1. The summed E-state index contributed by atoms with van der Waals surface area (Å²) < 4.78 is 5.24. The Morgan fingerprint density at radius 1 is 1.44 bits per heavy atom. The van der Waals surface area contributed by atoms with E-state index in [1.165, 1.54) is 5.56 Å². The van der Waals surface area contributed by atoms with Crippen LogP contribution in [0.5, 0.6) is 5.75 Å². The van der Waals surface area contributed by atoms with Crippen LogP contribution in [0.4, 0.5) is 0 Å². The first kappa shape index (κ1) is 12.9. The van der Waals surface area contributed by atoms with Gasteiger partial charge in [0.1, 0.15) is 5.75 Å². The van der Waals surface area contributed by atoms with Crippen LogP contribution in [-0.2, 0) is 0 Å². The zero-order chi connectivity index (χ0) is 13.0. The molecule has 1 aromatic carbocycles. The molecule has 1 fully saturated rings. The number of nitrogens with one attached hydrogen (secondary N) is 1. The maximum atomic E-state index is 9.09. The van der Waals surface area contributed by atoms with Crippen LogP contribution in [0.15, 0.2) is 24.3 Å². The largest absolute Gasteiger partial charge is 0.497 e. The molecular formula is C15H20N2O. The average Bonchev–Trinajstić information content (AvgIpc) is 2.86. The van der Waals surface area contributed by atoms with Gasteiger partial charge in [0.25, 0.3) is 0 Å². The van der Waals surface area contributed by atoms with Crippen LogP contribution in [0.25, 0.3) is 0 Å². The highest BCUT2D eigenvalue weighted by Gasteiger charge is 2.28. The zero-order valence-electron chi connectivity index (χ0n) is 11.0. The summed E-state index contributed by atoms with van der Waals surface area (Å²) in [5.41, 5.74) is 1.21. The SMILES string of the molecule is COc1cccc([C@H](C)NC2CCCC2C#N)c1. The summed E-state index contributed by atoms with van der Waals surface area (Å²) in [6, 6.07) is 11.1. The Morgan fingerprint density at radius 2 is 2.28 bits per heavy atom. The van der Waals surface area contributed by atoms with Gasteiger partial charge in [0, 0.05) is 12.1 Å². The lowest BCUT2D eigenvalue weighted by Gasteiger charge is -2.22. The highest BCUT2D eigenvalue weighted by molar-refractivity contribution is 5.30. The van der Waals surface area contributed by atoms with Gasteiger partial charge in [0.15, 0.2) is 0 Å². The van der Waals surface area contributed by atoms with Gasteiger partial charge < -0.3 is 10.1 Å². The first-order chi connectivity index (χ1) is 8.74. The Labute approximate surface area is 109 Å². The summed E-state index contributed by atoms with van der Waals surface area (Å²) in [5, 5.41) is 12.7. The quantitative estimate of drug-likeness (QED) is 0.885. The van der Waals surface area contributed by atoms with Gasteiger partial charge in [0.2, 0.25) is 0 Å². The molecular weight excluding hydrogens is 224 g/mol. The molecule has 1 aromatic rings. The molecule has 2 rings (SSSR count). The van der Waals surface area contributed by atoms with Crippen molar-refractivity contribution in [3.8, 4) is 11.8 Å². The first-order valence-corrected chi connectivity index (χ1v) is 6.54. The molecule has 3 atom stereocenters. The van der Waals surface area contributed by atoms with Gasteiger partial charge in [-0.25, -0.2) is 0 Å². The summed E-state index contributed by atoms with van der Waals surface area (Å²) in [4.78, 5) is 0. The van der Waals surface area contributed by atoms with Gasteiger partial charge in [0.05, 0.1) is 19.1 Å². The highest BCUT2D eigenvalue weighted by atomic mass is 16.5. The van der Waals surface area contributed by atoms with E-state index in [9.17, 15) is 0 Å². The lowest BCUT2D eigenvalue weighted by atomic mass is 10.0. The van der Waals surface area contributed by atoms with Crippen molar-refractivity contribution in [2.75, 3.05) is 7.11 Å². The van der Waals surface area contributed by atoms with E-state index in [1.54, 1.807) is 7.11 Å². The molecule has 0 heterocycles. The molecule has 3 heteroatoms. The third-order valence-corrected chi connectivity index (χ3v) is 3.74. The number of hydrogen-bond acceptors (Lipinski definition) is 3. The Morgan fingerprint density at radius 3 is 3.00 bits per heavy atom. The van der Waals surface area contributed by atoms with Gasteiger partial charge in [-0.05, 0) is 37.5 Å². The van der Waals surface area contributed by atoms with Gasteiger partial charge in [-0.3, -0.25) is 0 Å². The minimum atomic E-state index is 0.165. The lowest BCUT2D eigenvalue weighted by molar-refractivity contribution is 0.405. The summed E-state index contributed by atoms with van der Waals surface area (Å²) >= 11 is 0. The predicted molar refractivity (Wildman–Crippen MR) is 71.3 cm³/mol. The monoisotopic (exact) mass is 244 g/mol. The number of nitriles is 1. The Bertz CT molecular complexity index is 438. The maximum Gasteiger partial charge on any atom is 0.119 e. The summed E-state index contributed by atoms with van der Waals surface area (Å²) in [5.74, 6) is 1.04. The van der Waals surface area contributed by atoms with E-state index in [0.717, 1.165) is 25.0 Å². The van der Waals surface area contributed by atoms with Crippen molar-refractivity contribution in [1.82, 2.24) is 5.32 Å². The number of benzene rings is 1. The van der Waals surface area contributed by atoms with Gasteiger partial charge >= 0.3 is 0 Å². The minimum Gasteiger partial charge on any atom is -0.497 e. The van der Waals surface area contributed by atoms with E-state index in [4.69, 9.17) is 10.00 Å². The van der Waals surface area contributed by atoms with Crippen LogP contribution < -0.4 is 10.1 Å². The van der Waals surface area contributed by atoms with E-state index in [2.05, 4.69) is 24.4 Å². The molecule has 1 saturated carbocycles. The van der Waals surface area contributed by atoms with Gasteiger partial charge in [-0.2, -0.15) is 5.26 Å². The number of nitrogens with zero attached hydrogens (tertiary/aromatic N) is 1. The average molecular weight is 244 g/mol. The van der Waals surface area contributed by atoms with E-state index in [1.807, 2.05) is 18.2 Å². The summed E-state index contributed by atoms with van der Waals surface area (Å²) in [6.07, 6.45) is 3.28. The fraction of sp³-hybridized carbons (Fsp3) is 0.533. The predicted octanol–water partition coefficient (Wildman–Crippen LogP) is 3.04. The van der Waals surface area contributed by atoms with Crippen molar-refractivity contribution >= 4 is 0 Å². The first-order valence-electron chi connectivity index (χ1n) is 6.54. The van der Waals surface area contributed by atoms with E-state index >= 15 is 0 Å². The van der Waals surface area contributed by atoms with Crippen molar-refractivity contribution in [1.29, 1.82) is 5.26 Å². The second kappa shape index (κ2) is 5.88. The van der Waals surface area contributed by atoms with Crippen LogP contribution in [0.1, 0.15) is 37.8 Å². The molecule has 0 aromatic heterocycles. The molecule has 96 valence electrons. The number of rotatable bonds is 4. The molecule has 18 heavy (non-hydrogen) atoms. The molecule has 0 spiro atoms. The van der Waals surface area contributed by atoms with Crippen molar-refractivity contribution in [2.24, 2.45) is 5.92 Å². The third-order valence-electron chi connectivity index (χ3n) is 3.74. The molecule has 1 aliphatic carbocycles. The summed E-state index contributed by atoms with van der Waals surface area (Å²) in [7, 11) is 1.68. The highest BCUT2D eigenvalue weighted by Crippen LogP contribution is 2.28. The number of ether oxygens (including phenoxy) is 1. The molecule has 1 aliphatic rings. The lowest BCUT2D eigenvalue weighted by Crippen LogP contribution is -2.33. The molecule has 0 amide bonds. The Hall–Kier alpha value is -1.53. The second-order valence-corrected chi connectivity index (χ2v) is 4.94. The fourth-order valence-corrected chi connectivity index (χ4v) is 2.64. The van der Waals surface area contributed by atoms with Crippen LogP contribution in [-0.4, -0.2) is 13.2 Å². The van der Waals surface area contributed by atoms with Crippen molar-refractivity contribution in [3.63, 3.8) is 0 Å². The van der Waals surface area contributed by atoms with Crippen LogP contribution >= 0.6 is 0 Å². The van der Waals surface area contributed by atoms with Crippen molar-refractivity contribution in [3.05, 3.63) is 29.8 Å². The molecule has 0 aliphatic heterocycles. The summed E-state index contributed by atoms with van der Waals surface area (Å²) in [6.45, 7) is 2.14. The topological polar surface area (TPSA) is 45.0 Å².